The molecule has 0 heterocycles. The van der Waals surface area contributed by atoms with Gasteiger partial charge in [0.05, 0.1) is 12.5 Å². The van der Waals surface area contributed by atoms with E-state index in [0.717, 1.165) is 12.1 Å². The van der Waals surface area contributed by atoms with Crippen LogP contribution in [0.1, 0.15) is 13.8 Å². The maximum atomic E-state index is 13.0. The molecule has 0 aliphatic heterocycles. The van der Waals surface area contributed by atoms with Gasteiger partial charge in [-0.05, 0) is 19.1 Å². The molecule has 1 aromatic rings. The van der Waals surface area contributed by atoms with Gasteiger partial charge >= 0.3 is 0 Å². The predicted octanol–water partition coefficient (Wildman–Crippen LogP) is 1.77. The summed E-state index contributed by atoms with van der Waals surface area (Å²) < 4.78 is 26.0. The highest BCUT2D eigenvalue weighted by Gasteiger charge is 2.22. The zero-order chi connectivity index (χ0) is 16.2. The summed E-state index contributed by atoms with van der Waals surface area (Å²) in [6, 6.07) is 2.36. The van der Waals surface area contributed by atoms with Crippen molar-refractivity contribution < 1.29 is 18.4 Å². The molecule has 0 bridgehead atoms. The van der Waals surface area contributed by atoms with E-state index in [1.807, 2.05) is 0 Å². The van der Waals surface area contributed by atoms with Gasteiger partial charge in [0, 0.05) is 24.8 Å². The highest BCUT2D eigenvalue weighted by atomic mass is 35.5. The largest absolute Gasteiger partial charge is 0.336 e. The maximum absolute atomic E-state index is 13.0. The molecule has 0 aliphatic carbocycles. The molecule has 2 atom stereocenters. The van der Waals surface area contributed by atoms with Crippen LogP contribution in [0.4, 0.5) is 14.5 Å². The van der Waals surface area contributed by atoms with Crippen molar-refractivity contribution in [2.75, 3.05) is 18.9 Å². The Hall–Kier alpha value is -1.73. The Morgan fingerprint density at radius 1 is 1.23 bits per heavy atom. The lowest BCUT2D eigenvalue weighted by Crippen LogP contribution is -2.42. The van der Waals surface area contributed by atoms with Gasteiger partial charge < -0.3 is 16.0 Å². The second kappa shape index (κ2) is 8.65. The fourth-order valence-corrected chi connectivity index (χ4v) is 1.69. The number of hydrogen-bond donors (Lipinski definition) is 2. The van der Waals surface area contributed by atoms with E-state index in [1.54, 1.807) is 13.8 Å². The molecular weight excluding hydrogens is 316 g/mol. The molecule has 2 unspecified atom stereocenters. The molecule has 0 aliphatic rings. The standard InChI is InChI=1S/C14H19F2N3O2.ClH/c1-8(9(2)17)14(21)19(3)7-13(20)18-12-5-10(15)4-11(16)6-12;/h4-6,8-9H,7,17H2,1-3H3,(H,18,20);1H. The molecule has 0 saturated carbocycles. The third-order valence-electron chi connectivity index (χ3n) is 3.08. The third-order valence-corrected chi connectivity index (χ3v) is 3.08. The second-order valence-corrected chi connectivity index (χ2v) is 5.05. The Kier molecular flexibility index (Phi) is 7.97. The van der Waals surface area contributed by atoms with Gasteiger partial charge in [-0.15, -0.1) is 12.4 Å². The number of carbonyl (C=O) groups is 2. The van der Waals surface area contributed by atoms with Crippen LogP contribution < -0.4 is 11.1 Å². The average Bonchev–Trinajstić information content (AvgIpc) is 2.35. The monoisotopic (exact) mass is 335 g/mol. The number of hydrogen-bond acceptors (Lipinski definition) is 3. The summed E-state index contributed by atoms with van der Waals surface area (Å²) in [6.07, 6.45) is 0. The van der Waals surface area contributed by atoms with E-state index < -0.39 is 23.5 Å². The zero-order valence-electron chi connectivity index (χ0n) is 12.6. The van der Waals surface area contributed by atoms with Crippen molar-refractivity contribution in [2.24, 2.45) is 11.7 Å². The van der Waals surface area contributed by atoms with Crippen molar-refractivity contribution in [1.29, 1.82) is 0 Å². The summed E-state index contributed by atoms with van der Waals surface area (Å²) in [4.78, 5) is 24.9. The van der Waals surface area contributed by atoms with E-state index in [2.05, 4.69) is 5.32 Å². The lowest BCUT2D eigenvalue weighted by Gasteiger charge is -2.23. The van der Waals surface area contributed by atoms with Gasteiger partial charge in [0.15, 0.2) is 0 Å². The van der Waals surface area contributed by atoms with Crippen LogP contribution in [0, 0.1) is 17.6 Å². The summed E-state index contributed by atoms with van der Waals surface area (Å²) in [5, 5.41) is 2.33. The first kappa shape index (κ1) is 20.3. The molecule has 124 valence electrons. The van der Waals surface area contributed by atoms with Gasteiger partial charge in [0.1, 0.15) is 11.6 Å². The Morgan fingerprint density at radius 3 is 2.18 bits per heavy atom. The minimum absolute atomic E-state index is 0. The molecule has 2 amide bonds. The molecule has 0 saturated heterocycles. The minimum Gasteiger partial charge on any atom is -0.336 e. The first-order valence-electron chi connectivity index (χ1n) is 6.47. The molecule has 3 N–H and O–H groups in total. The number of nitrogens with zero attached hydrogens (tertiary/aromatic N) is 1. The number of rotatable bonds is 5. The zero-order valence-corrected chi connectivity index (χ0v) is 13.4. The highest BCUT2D eigenvalue weighted by molar-refractivity contribution is 5.94. The van der Waals surface area contributed by atoms with Crippen LogP contribution in [0.5, 0.6) is 0 Å². The molecule has 1 aromatic carbocycles. The van der Waals surface area contributed by atoms with Crippen molar-refractivity contribution >= 4 is 29.9 Å². The molecule has 5 nitrogen and oxygen atoms in total. The van der Waals surface area contributed by atoms with Gasteiger partial charge in [0.2, 0.25) is 11.8 Å². The Morgan fingerprint density at radius 2 is 1.73 bits per heavy atom. The normalized spacial score (nSPS) is 12.8. The number of halogens is 3. The van der Waals surface area contributed by atoms with E-state index in [-0.39, 0.29) is 36.6 Å². The number of benzene rings is 1. The summed E-state index contributed by atoms with van der Waals surface area (Å²) in [5.74, 6) is -2.83. The van der Waals surface area contributed by atoms with Crippen molar-refractivity contribution in [1.82, 2.24) is 4.90 Å². The topological polar surface area (TPSA) is 75.4 Å². The molecule has 0 aromatic heterocycles. The van der Waals surface area contributed by atoms with Crippen LogP contribution in [0.3, 0.4) is 0 Å². The smallest absolute Gasteiger partial charge is 0.243 e. The molecular formula is C14H20ClF2N3O2. The van der Waals surface area contributed by atoms with Crippen molar-refractivity contribution in [2.45, 2.75) is 19.9 Å². The van der Waals surface area contributed by atoms with Crippen molar-refractivity contribution in [3.05, 3.63) is 29.8 Å². The van der Waals surface area contributed by atoms with Gasteiger partial charge in [-0.2, -0.15) is 0 Å². The van der Waals surface area contributed by atoms with E-state index in [1.165, 1.54) is 11.9 Å². The SMILES string of the molecule is CC(N)C(C)C(=O)N(C)CC(=O)Nc1cc(F)cc(F)c1.Cl. The Labute approximate surface area is 134 Å². The third kappa shape index (κ3) is 5.95. The van der Waals surface area contributed by atoms with Crippen LogP contribution in [0.15, 0.2) is 18.2 Å². The maximum Gasteiger partial charge on any atom is 0.243 e. The molecule has 0 fully saturated rings. The fraction of sp³-hybridized carbons (Fsp3) is 0.429. The first-order chi connectivity index (χ1) is 9.70. The van der Waals surface area contributed by atoms with Crippen LogP contribution >= 0.6 is 12.4 Å². The van der Waals surface area contributed by atoms with E-state index >= 15 is 0 Å². The Balaban J connectivity index is 0.00000441. The predicted molar refractivity (Wildman–Crippen MR) is 82.7 cm³/mol. The lowest BCUT2D eigenvalue weighted by molar-refractivity contribution is -0.136. The van der Waals surface area contributed by atoms with Gasteiger partial charge in [-0.3, -0.25) is 9.59 Å². The Bertz CT molecular complexity index is 521. The summed E-state index contributed by atoms with van der Waals surface area (Å²) in [5.41, 5.74) is 5.63. The number of anilines is 1. The van der Waals surface area contributed by atoms with Crippen molar-refractivity contribution in [3.63, 3.8) is 0 Å². The number of nitrogens with two attached hydrogens (primary N) is 1. The molecule has 22 heavy (non-hydrogen) atoms. The first-order valence-corrected chi connectivity index (χ1v) is 6.47. The summed E-state index contributed by atoms with van der Waals surface area (Å²) >= 11 is 0. The number of amides is 2. The molecule has 0 spiro atoms. The van der Waals surface area contributed by atoms with Gasteiger partial charge in [-0.25, -0.2) is 8.78 Å². The van der Waals surface area contributed by atoms with E-state index in [4.69, 9.17) is 5.73 Å². The number of nitrogens with one attached hydrogen (secondary N) is 1. The number of likely N-dealkylation sites (N-methyl/N-ethyl adjacent to an activating group) is 1. The van der Waals surface area contributed by atoms with Crippen molar-refractivity contribution in [3.8, 4) is 0 Å². The van der Waals surface area contributed by atoms with Gasteiger partial charge in [0.25, 0.3) is 0 Å². The van der Waals surface area contributed by atoms with Crippen LogP contribution in [0.25, 0.3) is 0 Å². The van der Waals surface area contributed by atoms with Crippen LogP contribution in [0.2, 0.25) is 0 Å². The quantitative estimate of drug-likeness (QED) is 0.861. The minimum atomic E-state index is -0.791. The highest BCUT2D eigenvalue weighted by Crippen LogP contribution is 2.13. The summed E-state index contributed by atoms with van der Waals surface area (Å²) in [6.45, 7) is 3.14. The lowest BCUT2D eigenvalue weighted by atomic mass is 10.0. The fourth-order valence-electron chi connectivity index (χ4n) is 1.69. The van der Waals surface area contributed by atoms with E-state index in [0.29, 0.717) is 6.07 Å². The molecule has 8 heteroatoms. The number of carbonyl (C=O) groups excluding carboxylic acids is 2. The van der Waals surface area contributed by atoms with Gasteiger partial charge in [-0.1, -0.05) is 6.92 Å². The average molecular weight is 336 g/mol. The molecule has 1 rings (SSSR count). The molecule has 0 radical (unpaired) electrons. The van der Waals surface area contributed by atoms with Crippen LogP contribution in [-0.4, -0.2) is 36.3 Å². The summed E-state index contributed by atoms with van der Waals surface area (Å²) in [7, 11) is 1.47. The van der Waals surface area contributed by atoms with Crippen LogP contribution in [-0.2, 0) is 9.59 Å². The second-order valence-electron chi connectivity index (χ2n) is 5.05. The van der Waals surface area contributed by atoms with E-state index in [9.17, 15) is 18.4 Å².